The second-order valence-electron chi connectivity index (χ2n) is 5.58. The standard InChI is InChI=1S/C19H22N2O2/c1-21-12-16(15-6-4-5-7-17(15)21)14-10-13(8-9-20)19(23-3)18(11-14)22-2/h4-7,10-12H,8-9,20H2,1-3H3. The molecule has 0 aliphatic carbocycles. The lowest BCUT2D eigenvalue weighted by Crippen LogP contribution is -2.05. The molecule has 1 heterocycles. The van der Waals surface area contributed by atoms with Crippen LogP contribution in [0.3, 0.4) is 0 Å². The molecule has 3 rings (SSSR count). The van der Waals surface area contributed by atoms with E-state index in [0.717, 1.165) is 29.0 Å². The molecule has 0 aliphatic heterocycles. The van der Waals surface area contributed by atoms with Gasteiger partial charge in [-0.15, -0.1) is 0 Å². The molecular formula is C19H22N2O2. The smallest absolute Gasteiger partial charge is 0.163 e. The quantitative estimate of drug-likeness (QED) is 0.786. The normalized spacial score (nSPS) is 11.0. The van der Waals surface area contributed by atoms with Crippen LogP contribution in [0.25, 0.3) is 22.0 Å². The Labute approximate surface area is 136 Å². The Bertz CT molecular complexity index is 837. The molecular weight excluding hydrogens is 288 g/mol. The van der Waals surface area contributed by atoms with Crippen molar-refractivity contribution in [2.75, 3.05) is 20.8 Å². The highest BCUT2D eigenvalue weighted by atomic mass is 16.5. The van der Waals surface area contributed by atoms with Crippen LogP contribution in [0.4, 0.5) is 0 Å². The molecule has 1 aromatic heterocycles. The number of nitrogens with zero attached hydrogens (tertiary/aromatic N) is 1. The Balaban J connectivity index is 2.24. The number of hydrogen-bond acceptors (Lipinski definition) is 3. The zero-order valence-corrected chi connectivity index (χ0v) is 13.8. The molecule has 4 nitrogen and oxygen atoms in total. The van der Waals surface area contributed by atoms with E-state index in [0.29, 0.717) is 6.54 Å². The van der Waals surface area contributed by atoms with Gasteiger partial charge in [0.05, 0.1) is 14.2 Å². The molecule has 0 atom stereocenters. The Hall–Kier alpha value is -2.46. The Morgan fingerprint density at radius 3 is 2.57 bits per heavy atom. The molecule has 120 valence electrons. The van der Waals surface area contributed by atoms with Gasteiger partial charge in [0.25, 0.3) is 0 Å². The summed E-state index contributed by atoms with van der Waals surface area (Å²) in [6, 6.07) is 12.6. The van der Waals surface area contributed by atoms with Gasteiger partial charge in [0.2, 0.25) is 0 Å². The summed E-state index contributed by atoms with van der Waals surface area (Å²) >= 11 is 0. The van der Waals surface area contributed by atoms with E-state index in [1.165, 1.54) is 16.5 Å². The van der Waals surface area contributed by atoms with Crippen molar-refractivity contribution in [1.29, 1.82) is 0 Å². The zero-order chi connectivity index (χ0) is 16.4. The SMILES string of the molecule is COc1cc(-c2cn(C)c3ccccc23)cc(CCN)c1OC. The summed E-state index contributed by atoms with van der Waals surface area (Å²) < 4.78 is 13.2. The van der Waals surface area contributed by atoms with E-state index in [2.05, 4.69) is 48.1 Å². The van der Waals surface area contributed by atoms with Crippen LogP contribution in [0.2, 0.25) is 0 Å². The lowest BCUT2D eigenvalue weighted by Gasteiger charge is -2.14. The lowest BCUT2D eigenvalue weighted by atomic mass is 9.99. The first-order chi connectivity index (χ1) is 11.2. The van der Waals surface area contributed by atoms with Crippen molar-refractivity contribution in [3.05, 3.63) is 48.2 Å². The second-order valence-corrected chi connectivity index (χ2v) is 5.58. The van der Waals surface area contributed by atoms with Crippen LogP contribution < -0.4 is 15.2 Å². The van der Waals surface area contributed by atoms with Gasteiger partial charge in [-0.2, -0.15) is 0 Å². The summed E-state index contributed by atoms with van der Waals surface area (Å²) in [4.78, 5) is 0. The number of aromatic nitrogens is 1. The molecule has 23 heavy (non-hydrogen) atoms. The number of benzene rings is 2. The van der Waals surface area contributed by atoms with Gasteiger partial charge in [-0.3, -0.25) is 0 Å². The van der Waals surface area contributed by atoms with Gasteiger partial charge in [0.15, 0.2) is 11.5 Å². The molecule has 2 N–H and O–H groups in total. The van der Waals surface area contributed by atoms with Crippen molar-refractivity contribution >= 4 is 10.9 Å². The largest absolute Gasteiger partial charge is 0.493 e. The van der Waals surface area contributed by atoms with E-state index in [4.69, 9.17) is 15.2 Å². The van der Waals surface area contributed by atoms with Gasteiger partial charge in [-0.05, 0) is 42.3 Å². The molecule has 0 amide bonds. The minimum atomic E-state index is 0.568. The Morgan fingerprint density at radius 1 is 1.09 bits per heavy atom. The van der Waals surface area contributed by atoms with Crippen LogP contribution in [0.1, 0.15) is 5.56 Å². The number of ether oxygens (including phenoxy) is 2. The third kappa shape index (κ3) is 2.66. The molecule has 0 fully saturated rings. The van der Waals surface area contributed by atoms with Crippen LogP contribution >= 0.6 is 0 Å². The van der Waals surface area contributed by atoms with Gasteiger partial charge in [-0.1, -0.05) is 18.2 Å². The number of methoxy groups -OCH3 is 2. The maximum absolute atomic E-state index is 5.76. The van der Waals surface area contributed by atoms with Crippen LogP contribution in [-0.2, 0) is 13.5 Å². The third-order valence-corrected chi connectivity index (χ3v) is 4.18. The van der Waals surface area contributed by atoms with Gasteiger partial charge in [0.1, 0.15) is 0 Å². The van der Waals surface area contributed by atoms with E-state index < -0.39 is 0 Å². The average molecular weight is 310 g/mol. The zero-order valence-electron chi connectivity index (χ0n) is 13.8. The summed E-state index contributed by atoms with van der Waals surface area (Å²) in [6.07, 6.45) is 2.90. The van der Waals surface area contributed by atoms with Crippen LogP contribution in [0.15, 0.2) is 42.6 Å². The lowest BCUT2D eigenvalue weighted by molar-refractivity contribution is 0.352. The molecule has 0 bridgehead atoms. The summed E-state index contributed by atoms with van der Waals surface area (Å²) in [6.45, 7) is 0.568. The fourth-order valence-electron chi connectivity index (χ4n) is 3.11. The monoisotopic (exact) mass is 310 g/mol. The van der Waals surface area contributed by atoms with E-state index in [-0.39, 0.29) is 0 Å². The first kappa shape index (κ1) is 15.4. The number of para-hydroxylation sites is 1. The summed E-state index contributed by atoms with van der Waals surface area (Å²) in [5.74, 6) is 1.50. The van der Waals surface area contributed by atoms with Crippen LogP contribution in [0.5, 0.6) is 11.5 Å². The number of fused-ring (bicyclic) bond motifs is 1. The molecule has 0 spiro atoms. The number of nitrogens with two attached hydrogens (primary N) is 1. The maximum Gasteiger partial charge on any atom is 0.163 e. The van der Waals surface area contributed by atoms with Gasteiger partial charge >= 0.3 is 0 Å². The maximum atomic E-state index is 5.76. The number of aryl methyl sites for hydroxylation is 1. The minimum absolute atomic E-state index is 0.568. The fraction of sp³-hybridized carbons (Fsp3) is 0.263. The van der Waals surface area contributed by atoms with E-state index >= 15 is 0 Å². The molecule has 0 aliphatic rings. The van der Waals surface area contributed by atoms with Gasteiger partial charge in [-0.25, -0.2) is 0 Å². The fourth-order valence-corrected chi connectivity index (χ4v) is 3.11. The highest BCUT2D eigenvalue weighted by Crippen LogP contribution is 2.39. The van der Waals surface area contributed by atoms with Gasteiger partial charge in [0, 0.05) is 29.7 Å². The minimum Gasteiger partial charge on any atom is -0.493 e. The van der Waals surface area contributed by atoms with Gasteiger partial charge < -0.3 is 19.8 Å². The van der Waals surface area contributed by atoms with E-state index in [9.17, 15) is 0 Å². The van der Waals surface area contributed by atoms with Crippen molar-refractivity contribution in [1.82, 2.24) is 4.57 Å². The Morgan fingerprint density at radius 2 is 1.87 bits per heavy atom. The van der Waals surface area contributed by atoms with Crippen LogP contribution in [-0.4, -0.2) is 25.3 Å². The molecule has 3 aromatic rings. The summed E-state index contributed by atoms with van der Waals surface area (Å²) in [5, 5.41) is 1.22. The highest BCUT2D eigenvalue weighted by molar-refractivity contribution is 5.96. The van der Waals surface area contributed by atoms with Crippen molar-refractivity contribution in [2.45, 2.75) is 6.42 Å². The Kier molecular flexibility index (Phi) is 4.26. The summed E-state index contributed by atoms with van der Waals surface area (Å²) in [7, 11) is 5.39. The second kappa shape index (κ2) is 6.34. The van der Waals surface area contributed by atoms with Crippen molar-refractivity contribution in [3.8, 4) is 22.6 Å². The van der Waals surface area contributed by atoms with Crippen molar-refractivity contribution < 1.29 is 9.47 Å². The first-order valence-electron chi connectivity index (χ1n) is 7.69. The summed E-state index contributed by atoms with van der Waals surface area (Å²) in [5.41, 5.74) is 10.3. The first-order valence-corrected chi connectivity index (χ1v) is 7.69. The molecule has 0 unspecified atom stereocenters. The third-order valence-electron chi connectivity index (χ3n) is 4.18. The van der Waals surface area contributed by atoms with Crippen molar-refractivity contribution in [3.63, 3.8) is 0 Å². The predicted octanol–water partition coefficient (Wildman–Crippen LogP) is 3.36. The molecule has 0 radical (unpaired) electrons. The number of rotatable bonds is 5. The van der Waals surface area contributed by atoms with Crippen LogP contribution in [0, 0.1) is 0 Å². The highest BCUT2D eigenvalue weighted by Gasteiger charge is 2.15. The molecule has 0 saturated carbocycles. The topological polar surface area (TPSA) is 49.4 Å². The molecule has 0 saturated heterocycles. The molecule has 2 aromatic carbocycles. The average Bonchev–Trinajstić information content (AvgIpc) is 2.92. The van der Waals surface area contributed by atoms with E-state index in [1.807, 2.05) is 6.07 Å². The molecule has 4 heteroatoms. The number of hydrogen-bond donors (Lipinski definition) is 1. The van der Waals surface area contributed by atoms with E-state index in [1.54, 1.807) is 14.2 Å². The van der Waals surface area contributed by atoms with Crippen molar-refractivity contribution in [2.24, 2.45) is 12.8 Å². The predicted molar refractivity (Wildman–Crippen MR) is 94.2 cm³/mol.